The molecule has 88 valence electrons. The monoisotopic (exact) mass is 290 g/mol. The predicted molar refractivity (Wildman–Crippen MR) is 65.8 cm³/mol. The summed E-state index contributed by atoms with van der Waals surface area (Å²) in [5.74, 6) is 0. The summed E-state index contributed by atoms with van der Waals surface area (Å²) in [5, 5.41) is -0.185. The molecule has 1 aromatic heterocycles. The minimum Gasteiger partial charge on any atom is -0.326 e. The fourth-order valence-corrected chi connectivity index (χ4v) is 2.17. The zero-order valence-electron chi connectivity index (χ0n) is 8.07. The van der Waals surface area contributed by atoms with E-state index in [4.69, 9.17) is 23.2 Å². The van der Waals surface area contributed by atoms with Crippen molar-refractivity contribution in [2.45, 2.75) is 0 Å². The lowest BCUT2D eigenvalue weighted by Gasteiger charge is -1.96. The molecule has 0 saturated carbocycles. The third-order valence-electron chi connectivity index (χ3n) is 1.83. The summed E-state index contributed by atoms with van der Waals surface area (Å²) in [7, 11) is 0. The minimum atomic E-state index is -0.985. The van der Waals surface area contributed by atoms with Gasteiger partial charge in [0.2, 0.25) is 5.13 Å². The summed E-state index contributed by atoms with van der Waals surface area (Å²) in [6.07, 6.45) is 0. The number of nitrogens with zero attached hydrogens (tertiary/aromatic N) is 1. The third-order valence-corrected chi connectivity index (χ3v) is 3.04. The van der Waals surface area contributed by atoms with Crippen LogP contribution in [0.2, 0.25) is 0 Å². The smallest absolute Gasteiger partial charge is 0.326 e. The molecule has 0 radical (unpaired) electrons. The maximum absolute atomic E-state index is 11.0. The van der Waals surface area contributed by atoms with E-state index in [-0.39, 0.29) is 0 Å². The van der Waals surface area contributed by atoms with Crippen molar-refractivity contribution in [1.29, 1.82) is 0 Å². The molecule has 1 aromatic carbocycles. The molecule has 0 aliphatic rings. The average Bonchev–Trinajstić information content (AvgIpc) is 2.67. The Kier molecular flexibility index (Phi) is 3.46. The van der Waals surface area contributed by atoms with Crippen LogP contribution in [0, 0.1) is 0 Å². The Balaban J connectivity index is 2.30. The number of nitrogens with one attached hydrogen (secondary N) is 1. The second-order valence-electron chi connectivity index (χ2n) is 2.92. The topological polar surface area (TPSA) is 68.3 Å². The molecule has 2 aromatic rings. The number of carbonyl (C=O) groups excluding carboxylic acids is 2. The van der Waals surface area contributed by atoms with E-state index in [0.717, 1.165) is 4.70 Å². The van der Waals surface area contributed by atoms with Crippen LogP contribution in [-0.2, 0) is 4.84 Å². The lowest BCUT2D eigenvalue weighted by molar-refractivity contribution is 0.108. The zero-order valence-corrected chi connectivity index (χ0v) is 10.4. The molecule has 1 heterocycles. The quantitative estimate of drug-likeness (QED) is 0.693. The highest BCUT2D eigenvalue weighted by Gasteiger charge is 2.08. The van der Waals surface area contributed by atoms with Gasteiger partial charge in [0.25, 0.3) is 5.24 Å². The van der Waals surface area contributed by atoms with E-state index in [1.54, 1.807) is 18.2 Å². The van der Waals surface area contributed by atoms with Crippen LogP contribution < -0.4 is 5.48 Å². The van der Waals surface area contributed by atoms with Crippen LogP contribution in [0.25, 0.3) is 10.2 Å². The van der Waals surface area contributed by atoms with Crippen LogP contribution in [0.4, 0.5) is 9.93 Å². The van der Waals surface area contributed by atoms with Gasteiger partial charge in [-0.05, 0) is 29.8 Å². The van der Waals surface area contributed by atoms with Crippen molar-refractivity contribution in [1.82, 2.24) is 4.98 Å². The zero-order chi connectivity index (χ0) is 12.4. The van der Waals surface area contributed by atoms with Crippen molar-refractivity contribution in [3.63, 3.8) is 0 Å². The highest BCUT2D eigenvalue weighted by atomic mass is 35.5. The Morgan fingerprint density at radius 1 is 1.35 bits per heavy atom. The van der Waals surface area contributed by atoms with Gasteiger partial charge in [0.05, 0.1) is 10.2 Å². The number of hydrogen-bond acceptors (Lipinski definition) is 6. The molecule has 0 spiro atoms. The van der Waals surface area contributed by atoms with Gasteiger partial charge in [0.15, 0.2) is 0 Å². The van der Waals surface area contributed by atoms with E-state index in [9.17, 15) is 9.59 Å². The van der Waals surface area contributed by atoms with Crippen molar-refractivity contribution in [2.24, 2.45) is 0 Å². The van der Waals surface area contributed by atoms with Crippen molar-refractivity contribution < 1.29 is 14.4 Å². The number of halogens is 2. The van der Waals surface area contributed by atoms with Crippen molar-refractivity contribution >= 4 is 60.6 Å². The van der Waals surface area contributed by atoms with Crippen LogP contribution in [0.15, 0.2) is 18.2 Å². The first kappa shape index (κ1) is 12.1. The number of hydrogen-bond donors (Lipinski definition) is 1. The van der Waals surface area contributed by atoms with Gasteiger partial charge in [0, 0.05) is 17.2 Å². The Morgan fingerprint density at radius 2 is 2.12 bits per heavy atom. The molecule has 0 fully saturated rings. The number of carbonyl (C=O) groups is 2. The van der Waals surface area contributed by atoms with Crippen LogP contribution in [0.1, 0.15) is 10.4 Å². The molecular formula is C9H4Cl2N2O3S. The highest BCUT2D eigenvalue weighted by Crippen LogP contribution is 2.27. The van der Waals surface area contributed by atoms with Crippen molar-refractivity contribution in [3.05, 3.63) is 23.8 Å². The molecular weight excluding hydrogens is 287 g/mol. The normalized spacial score (nSPS) is 10.2. The van der Waals surface area contributed by atoms with Gasteiger partial charge in [0.1, 0.15) is 0 Å². The number of benzene rings is 1. The van der Waals surface area contributed by atoms with Crippen molar-refractivity contribution in [2.75, 3.05) is 5.48 Å². The van der Waals surface area contributed by atoms with Gasteiger partial charge in [-0.15, -0.1) is 0 Å². The van der Waals surface area contributed by atoms with Gasteiger partial charge < -0.3 is 4.84 Å². The van der Waals surface area contributed by atoms with E-state index in [0.29, 0.717) is 16.2 Å². The lowest BCUT2D eigenvalue weighted by Crippen LogP contribution is -2.01. The first-order chi connectivity index (χ1) is 8.06. The largest absolute Gasteiger partial charge is 0.427 e. The summed E-state index contributed by atoms with van der Waals surface area (Å²) in [6, 6.07) is 4.82. The Labute approximate surface area is 109 Å². The van der Waals surface area contributed by atoms with Gasteiger partial charge in [-0.25, -0.2) is 9.78 Å². The highest BCUT2D eigenvalue weighted by molar-refractivity contribution is 7.22. The van der Waals surface area contributed by atoms with Gasteiger partial charge in [-0.2, -0.15) is 5.48 Å². The second-order valence-corrected chi connectivity index (χ2v) is 4.60. The third kappa shape index (κ3) is 2.85. The summed E-state index contributed by atoms with van der Waals surface area (Å²) >= 11 is 11.5. The SMILES string of the molecule is O=C(Cl)ONc1nc2ccc(C(=O)Cl)cc2s1. The first-order valence-corrected chi connectivity index (χ1v) is 5.86. The van der Waals surface area contributed by atoms with E-state index in [1.165, 1.54) is 11.3 Å². The fraction of sp³-hybridized carbons (Fsp3) is 0. The second kappa shape index (κ2) is 4.87. The number of thiazole rings is 1. The molecule has 1 N–H and O–H groups in total. The van der Waals surface area contributed by atoms with E-state index in [2.05, 4.69) is 15.3 Å². The maximum atomic E-state index is 11.0. The summed E-state index contributed by atoms with van der Waals surface area (Å²) < 4.78 is 0.740. The number of fused-ring (bicyclic) bond motifs is 1. The Morgan fingerprint density at radius 3 is 2.76 bits per heavy atom. The predicted octanol–water partition coefficient (Wildman–Crippen LogP) is 3.38. The molecule has 0 aliphatic carbocycles. The number of rotatable bonds is 3. The molecule has 17 heavy (non-hydrogen) atoms. The molecule has 0 aliphatic heterocycles. The van der Waals surface area contributed by atoms with Gasteiger partial charge in [-0.1, -0.05) is 11.3 Å². The number of aromatic nitrogens is 1. The van der Waals surface area contributed by atoms with Crippen LogP contribution in [0.5, 0.6) is 0 Å². The summed E-state index contributed by atoms with van der Waals surface area (Å²) in [5.41, 5.74) is 2.34. The lowest BCUT2D eigenvalue weighted by atomic mass is 10.2. The first-order valence-electron chi connectivity index (χ1n) is 4.29. The van der Waals surface area contributed by atoms with Crippen molar-refractivity contribution in [3.8, 4) is 0 Å². The van der Waals surface area contributed by atoms with E-state index in [1.807, 2.05) is 0 Å². The van der Waals surface area contributed by atoms with Crippen LogP contribution in [0.3, 0.4) is 0 Å². The fourth-order valence-electron chi connectivity index (χ4n) is 1.17. The maximum Gasteiger partial charge on any atom is 0.427 e. The Hall–Kier alpha value is -1.37. The van der Waals surface area contributed by atoms with Gasteiger partial charge in [-0.3, -0.25) is 4.79 Å². The molecule has 0 unspecified atom stereocenters. The van der Waals surface area contributed by atoms with Crippen LogP contribution >= 0.6 is 34.5 Å². The minimum absolute atomic E-state index is 0.355. The van der Waals surface area contributed by atoms with E-state index < -0.39 is 10.7 Å². The molecule has 0 saturated heterocycles. The molecule has 0 amide bonds. The van der Waals surface area contributed by atoms with E-state index >= 15 is 0 Å². The molecule has 0 atom stereocenters. The molecule has 2 rings (SSSR count). The van der Waals surface area contributed by atoms with Gasteiger partial charge >= 0.3 is 5.43 Å². The summed E-state index contributed by atoms with van der Waals surface area (Å²) in [6.45, 7) is 0. The Bertz CT molecular complexity index is 599. The molecule has 8 heteroatoms. The molecule has 5 nitrogen and oxygen atoms in total. The standard InChI is InChI=1S/C9H4Cl2N2O3S/c10-7(14)4-1-2-5-6(3-4)17-9(12-5)13-16-8(11)15/h1-3H,(H,12,13). The van der Waals surface area contributed by atoms with Crippen LogP contribution in [-0.4, -0.2) is 15.7 Å². The average molecular weight is 291 g/mol. The summed E-state index contributed by atoms with van der Waals surface area (Å²) in [4.78, 5) is 29.8. The number of anilines is 1. The molecule has 0 bridgehead atoms.